The number of nitrogen functional groups attached to an aromatic ring is 1. The van der Waals surface area contributed by atoms with Crippen LogP contribution in [0.1, 0.15) is 12.6 Å². The molecule has 8 heteroatoms. The van der Waals surface area contributed by atoms with Gasteiger partial charge < -0.3 is 5.73 Å². The van der Waals surface area contributed by atoms with Crippen molar-refractivity contribution in [2.45, 2.75) is 18.1 Å². The lowest BCUT2D eigenvalue weighted by molar-refractivity contribution is 0.592. The van der Waals surface area contributed by atoms with Crippen molar-refractivity contribution in [3.8, 4) is 0 Å². The molecule has 0 saturated carbocycles. The number of hydrogen-bond acceptors (Lipinski definition) is 5. The number of sulfonamides is 1. The van der Waals surface area contributed by atoms with Gasteiger partial charge in [0.15, 0.2) is 9.34 Å². The van der Waals surface area contributed by atoms with E-state index in [0.29, 0.717) is 5.69 Å². The zero-order valence-corrected chi connectivity index (χ0v) is 12.6. The maximum atomic E-state index is 13.3. The summed E-state index contributed by atoms with van der Waals surface area (Å²) in [5.41, 5.74) is 6.17. The standard InChI is InChI=1S/C12H14FN3O2S2/c1-3-16(10-6-4-5-9(13)7-10)20(17,18)11-8(2)15-12(14)19-11/h4-7H,3H2,1-2H3,(H2,14,15). The first-order valence-corrected chi connectivity index (χ1v) is 8.13. The third kappa shape index (κ3) is 2.61. The number of benzene rings is 1. The molecule has 0 unspecified atom stereocenters. The number of rotatable bonds is 4. The molecule has 0 atom stereocenters. The molecule has 1 heterocycles. The molecule has 0 fully saturated rings. The number of nitrogens with zero attached hydrogens (tertiary/aromatic N) is 2. The zero-order chi connectivity index (χ0) is 14.9. The van der Waals surface area contributed by atoms with Crippen molar-refractivity contribution in [2.24, 2.45) is 0 Å². The van der Waals surface area contributed by atoms with Gasteiger partial charge in [-0.05, 0) is 32.0 Å². The number of hydrogen-bond donors (Lipinski definition) is 1. The van der Waals surface area contributed by atoms with E-state index in [-0.39, 0.29) is 21.6 Å². The predicted octanol–water partition coefficient (Wildman–Crippen LogP) is 2.39. The van der Waals surface area contributed by atoms with Crippen molar-refractivity contribution in [3.63, 3.8) is 0 Å². The highest BCUT2D eigenvalue weighted by molar-refractivity contribution is 7.94. The number of halogens is 1. The molecule has 0 aliphatic rings. The van der Waals surface area contributed by atoms with Crippen molar-refractivity contribution in [1.82, 2.24) is 4.98 Å². The number of aryl methyl sites for hydroxylation is 1. The normalized spacial score (nSPS) is 11.6. The summed E-state index contributed by atoms with van der Waals surface area (Å²) in [7, 11) is -3.79. The van der Waals surface area contributed by atoms with Crippen molar-refractivity contribution in [3.05, 3.63) is 35.8 Å². The minimum Gasteiger partial charge on any atom is -0.375 e. The van der Waals surface area contributed by atoms with E-state index in [2.05, 4.69) is 4.98 Å². The summed E-state index contributed by atoms with van der Waals surface area (Å²) in [5, 5.41) is 0.191. The maximum absolute atomic E-state index is 13.3. The summed E-state index contributed by atoms with van der Waals surface area (Å²) in [6.45, 7) is 3.45. The molecule has 20 heavy (non-hydrogen) atoms. The van der Waals surface area contributed by atoms with Gasteiger partial charge in [0.2, 0.25) is 0 Å². The topological polar surface area (TPSA) is 76.3 Å². The average Bonchev–Trinajstić information content (AvgIpc) is 2.70. The Morgan fingerprint density at radius 3 is 2.65 bits per heavy atom. The quantitative estimate of drug-likeness (QED) is 0.940. The maximum Gasteiger partial charge on any atom is 0.275 e. The molecule has 0 amide bonds. The van der Waals surface area contributed by atoms with Crippen LogP contribution < -0.4 is 10.0 Å². The monoisotopic (exact) mass is 315 g/mol. The van der Waals surface area contributed by atoms with Gasteiger partial charge in [-0.2, -0.15) is 0 Å². The van der Waals surface area contributed by atoms with Gasteiger partial charge >= 0.3 is 0 Å². The van der Waals surface area contributed by atoms with Gasteiger partial charge in [0, 0.05) is 6.54 Å². The van der Waals surface area contributed by atoms with Gasteiger partial charge in [0.05, 0.1) is 11.4 Å². The smallest absolute Gasteiger partial charge is 0.275 e. The average molecular weight is 315 g/mol. The minimum atomic E-state index is -3.79. The first kappa shape index (κ1) is 14.7. The Labute approximate surface area is 120 Å². The number of anilines is 2. The van der Waals surface area contributed by atoms with Crippen molar-refractivity contribution < 1.29 is 12.8 Å². The van der Waals surface area contributed by atoms with Crippen LogP contribution >= 0.6 is 11.3 Å². The van der Waals surface area contributed by atoms with Crippen LogP contribution in [0.5, 0.6) is 0 Å². The van der Waals surface area contributed by atoms with Crippen LogP contribution in [-0.4, -0.2) is 19.9 Å². The lowest BCUT2D eigenvalue weighted by atomic mass is 10.3. The highest BCUT2D eigenvalue weighted by atomic mass is 32.2. The fourth-order valence-corrected chi connectivity index (χ4v) is 4.73. The van der Waals surface area contributed by atoms with E-state index < -0.39 is 15.8 Å². The molecule has 0 aliphatic heterocycles. The highest BCUT2D eigenvalue weighted by Crippen LogP contribution is 2.31. The number of thiazole rings is 1. The Bertz CT molecular complexity index is 728. The largest absolute Gasteiger partial charge is 0.375 e. The first-order valence-electron chi connectivity index (χ1n) is 5.87. The number of aromatic nitrogens is 1. The molecule has 0 aliphatic carbocycles. The van der Waals surface area contributed by atoms with Crippen LogP contribution in [0.2, 0.25) is 0 Å². The van der Waals surface area contributed by atoms with Crippen LogP contribution in [0.15, 0.2) is 28.5 Å². The SMILES string of the molecule is CCN(c1cccc(F)c1)S(=O)(=O)c1sc(N)nc1C. The van der Waals surface area contributed by atoms with Crippen LogP contribution in [0.25, 0.3) is 0 Å². The second-order valence-electron chi connectivity index (χ2n) is 4.07. The van der Waals surface area contributed by atoms with Crippen LogP contribution in [-0.2, 0) is 10.0 Å². The lowest BCUT2D eigenvalue weighted by Gasteiger charge is -2.22. The van der Waals surface area contributed by atoms with Gasteiger partial charge in [-0.3, -0.25) is 4.31 Å². The zero-order valence-electron chi connectivity index (χ0n) is 11.0. The minimum absolute atomic E-state index is 0.0844. The Morgan fingerprint density at radius 2 is 2.15 bits per heavy atom. The fraction of sp³-hybridized carbons (Fsp3) is 0.250. The van der Waals surface area contributed by atoms with E-state index in [0.717, 1.165) is 15.6 Å². The first-order chi connectivity index (χ1) is 9.36. The van der Waals surface area contributed by atoms with Gasteiger partial charge in [-0.15, -0.1) is 0 Å². The molecular formula is C12H14FN3O2S2. The molecule has 1 aromatic carbocycles. The molecule has 2 N–H and O–H groups in total. The lowest BCUT2D eigenvalue weighted by Crippen LogP contribution is -2.30. The molecule has 2 aromatic rings. The Balaban J connectivity index is 2.53. The molecule has 0 saturated heterocycles. The van der Waals surface area contributed by atoms with Gasteiger partial charge in [-0.25, -0.2) is 17.8 Å². The summed E-state index contributed by atoms with van der Waals surface area (Å²) in [5.74, 6) is -0.489. The van der Waals surface area contributed by atoms with Gasteiger partial charge in [0.1, 0.15) is 5.82 Å². The Hall–Kier alpha value is -1.67. The highest BCUT2D eigenvalue weighted by Gasteiger charge is 2.28. The molecule has 5 nitrogen and oxygen atoms in total. The second kappa shape index (κ2) is 5.37. The summed E-state index contributed by atoms with van der Waals surface area (Å²) in [6.07, 6.45) is 0. The van der Waals surface area contributed by atoms with E-state index in [4.69, 9.17) is 5.73 Å². The molecule has 0 radical (unpaired) electrons. The summed E-state index contributed by atoms with van der Waals surface area (Å²) in [4.78, 5) is 3.92. The third-order valence-corrected chi connectivity index (χ3v) is 6.15. The van der Waals surface area contributed by atoms with Crippen molar-refractivity contribution in [1.29, 1.82) is 0 Å². The fourth-order valence-electron chi connectivity index (χ4n) is 1.86. The molecule has 0 spiro atoms. The summed E-state index contributed by atoms with van der Waals surface area (Å²) in [6, 6.07) is 5.46. The summed E-state index contributed by atoms with van der Waals surface area (Å²) < 4.78 is 39.8. The van der Waals surface area contributed by atoms with Gasteiger partial charge in [-0.1, -0.05) is 17.4 Å². The predicted molar refractivity (Wildman–Crippen MR) is 77.9 cm³/mol. The van der Waals surface area contributed by atoms with E-state index >= 15 is 0 Å². The molecule has 1 aromatic heterocycles. The van der Waals surface area contributed by atoms with Gasteiger partial charge in [0.25, 0.3) is 10.0 Å². The van der Waals surface area contributed by atoms with E-state index in [1.54, 1.807) is 19.9 Å². The Morgan fingerprint density at radius 1 is 1.45 bits per heavy atom. The Kier molecular flexibility index (Phi) is 3.96. The number of nitrogens with two attached hydrogens (primary N) is 1. The van der Waals surface area contributed by atoms with Crippen molar-refractivity contribution in [2.75, 3.05) is 16.6 Å². The van der Waals surface area contributed by atoms with E-state index in [9.17, 15) is 12.8 Å². The van der Waals surface area contributed by atoms with E-state index in [1.807, 2.05) is 0 Å². The molecule has 2 rings (SSSR count). The van der Waals surface area contributed by atoms with E-state index in [1.165, 1.54) is 18.2 Å². The van der Waals surface area contributed by atoms with Crippen LogP contribution in [0.4, 0.5) is 15.2 Å². The third-order valence-electron chi connectivity index (χ3n) is 2.68. The van der Waals surface area contributed by atoms with Crippen LogP contribution in [0.3, 0.4) is 0 Å². The molecular weight excluding hydrogens is 301 g/mol. The molecule has 0 bridgehead atoms. The summed E-state index contributed by atoms with van der Waals surface area (Å²) >= 11 is 0.907. The van der Waals surface area contributed by atoms with Crippen molar-refractivity contribution >= 4 is 32.2 Å². The molecule has 108 valence electrons. The van der Waals surface area contributed by atoms with Crippen LogP contribution in [0, 0.1) is 12.7 Å². The second-order valence-corrected chi connectivity index (χ2v) is 7.16.